The Hall–Kier alpha value is -0.900. The van der Waals surface area contributed by atoms with Crippen LogP contribution in [0.2, 0.25) is 0 Å². The van der Waals surface area contributed by atoms with Crippen LogP contribution >= 0.6 is 0 Å². The zero-order valence-corrected chi connectivity index (χ0v) is 13.8. The molecule has 0 amide bonds. The van der Waals surface area contributed by atoms with Crippen molar-refractivity contribution in [3.63, 3.8) is 0 Å². The molecule has 3 atom stereocenters. The summed E-state index contributed by atoms with van der Waals surface area (Å²) in [5.41, 5.74) is 0. The Labute approximate surface area is 128 Å². The molecule has 118 valence electrons. The second kappa shape index (κ2) is 6.47. The van der Waals surface area contributed by atoms with Crippen molar-refractivity contribution < 1.29 is 0 Å². The van der Waals surface area contributed by atoms with Gasteiger partial charge in [0.1, 0.15) is 11.6 Å². The van der Waals surface area contributed by atoms with Gasteiger partial charge < -0.3 is 9.88 Å². The summed E-state index contributed by atoms with van der Waals surface area (Å²) in [7, 11) is 0. The van der Waals surface area contributed by atoms with Gasteiger partial charge in [-0.05, 0) is 44.4 Å². The summed E-state index contributed by atoms with van der Waals surface area (Å²) in [5, 5.41) is 12.6. The normalized spacial score (nSPS) is 27.6. The number of fused-ring (bicyclic) bond motifs is 1. The van der Waals surface area contributed by atoms with E-state index in [1.165, 1.54) is 44.3 Å². The van der Waals surface area contributed by atoms with E-state index in [1.807, 2.05) is 0 Å². The smallest absolute Gasteiger partial charge is 0.149 e. The van der Waals surface area contributed by atoms with E-state index in [0.717, 1.165) is 30.6 Å². The first-order valence-electron chi connectivity index (χ1n) is 8.83. The average molecular weight is 290 g/mol. The standard InChI is InChI=1S/C17H30N4/c1-12(2)14-6-4-7-15(10-9-14)18-13(3)17-20-19-16-8-5-11-21(16)17/h12-15,18H,4-11H2,1-3H3. The van der Waals surface area contributed by atoms with E-state index < -0.39 is 0 Å². The van der Waals surface area contributed by atoms with E-state index in [4.69, 9.17) is 0 Å². The Morgan fingerprint density at radius 1 is 1.05 bits per heavy atom. The molecule has 1 aliphatic heterocycles. The van der Waals surface area contributed by atoms with Gasteiger partial charge >= 0.3 is 0 Å². The molecule has 1 aromatic rings. The molecule has 3 unspecified atom stereocenters. The minimum atomic E-state index is 0.324. The Bertz CT molecular complexity index is 465. The highest BCUT2D eigenvalue weighted by molar-refractivity contribution is 5.04. The first-order chi connectivity index (χ1) is 10.1. The number of hydrogen-bond acceptors (Lipinski definition) is 3. The second-order valence-electron chi connectivity index (χ2n) is 7.33. The van der Waals surface area contributed by atoms with E-state index in [0.29, 0.717) is 12.1 Å². The van der Waals surface area contributed by atoms with Crippen molar-refractivity contribution in [3.05, 3.63) is 11.6 Å². The van der Waals surface area contributed by atoms with Crippen molar-refractivity contribution in [1.82, 2.24) is 20.1 Å². The molecule has 0 spiro atoms. The quantitative estimate of drug-likeness (QED) is 0.863. The molecule has 0 bridgehead atoms. The van der Waals surface area contributed by atoms with Gasteiger partial charge in [-0.2, -0.15) is 0 Å². The van der Waals surface area contributed by atoms with Crippen LogP contribution in [0.25, 0.3) is 0 Å². The maximum Gasteiger partial charge on any atom is 0.149 e. The molecule has 3 rings (SSSR count). The Morgan fingerprint density at radius 3 is 2.71 bits per heavy atom. The van der Waals surface area contributed by atoms with Crippen molar-refractivity contribution >= 4 is 0 Å². The third-order valence-electron chi connectivity index (χ3n) is 5.47. The number of nitrogens with zero attached hydrogens (tertiary/aromatic N) is 3. The van der Waals surface area contributed by atoms with Gasteiger partial charge in [0.05, 0.1) is 6.04 Å². The van der Waals surface area contributed by atoms with Gasteiger partial charge in [-0.1, -0.05) is 26.7 Å². The van der Waals surface area contributed by atoms with Crippen molar-refractivity contribution in [3.8, 4) is 0 Å². The molecule has 0 radical (unpaired) electrons. The van der Waals surface area contributed by atoms with Crippen LogP contribution < -0.4 is 5.32 Å². The highest BCUT2D eigenvalue weighted by atomic mass is 15.3. The fraction of sp³-hybridized carbons (Fsp3) is 0.882. The van der Waals surface area contributed by atoms with Gasteiger partial charge in [-0.3, -0.25) is 0 Å². The molecule has 1 fully saturated rings. The summed E-state index contributed by atoms with van der Waals surface area (Å²) >= 11 is 0. The summed E-state index contributed by atoms with van der Waals surface area (Å²) in [6.07, 6.45) is 9.10. The van der Waals surface area contributed by atoms with Gasteiger partial charge in [0, 0.05) is 19.0 Å². The molecule has 4 nitrogen and oxygen atoms in total. The first-order valence-corrected chi connectivity index (χ1v) is 8.83. The summed E-state index contributed by atoms with van der Waals surface area (Å²) < 4.78 is 2.32. The molecular formula is C17H30N4. The highest BCUT2D eigenvalue weighted by Gasteiger charge is 2.25. The lowest BCUT2D eigenvalue weighted by atomic mass is 9.89. The highest BCUT2D eigenvalue weighted by Crippen LogP contribution is 2.30. The first kappa shape index (κ1) is 15.0. The Morgan fingerprint density at radius 2 is 1.90 bits per heavy atom. The summed E-state index contributed by atoms with van der Waals surface area (Å²) in [6.45, 7) is 8.10. The second-order valence-corrected chi connectivity index (χ2v) is 7.33. The van der Waals surface area contributed by atoms with Crippen molar-refractivity contribution in [2.45, 2.75) is 84.3 Å². The van der Waals surface area contributed by atoms with Gasteiger partial charge in [0.15, 0.2) is 0 Å². The number of aromatic nitrogens is 3. The summed E-state index contributed by atoms with van der Waals surface area (Å²) in [6, 6.07) is 0.975. The Kier molecular flexibility index (Phi) is 4.63. The van der Waals surface area contributed by atoms with Crippen LogP contribution in [0.1, 0.15) is 77.0 Å². The van der Waals surface area contributed by atoms with E-state index in [1.54, 1.807) is 0 Å². The predicted octanol–water partition coefficient (Wildman–Crippen LogP) is 3.48. The molecule has 4 heteroatoms. The molecule has 2 heterocycles. The van der Waals surface area contributed by atoms with Gasteiger partial charge in [-0.25, -0.2) is 0 Å². The van der Waals surface area contributed by atoms with Crippen LogP contribution in [-0.2, 0) is 13.0 Å². The lowest BCUT2D eigenvalue weighted by molar-refractivity contribution is 0.333. The van der Waals surface area contributed by atoms with Crippen LogP contribution in [0.5, 0.6) is 0 Å². The third kappa shape index (κ3) is 3.31. The molecule has 1 aromatic heterocycles. The van der Waals surface area contributed by atoms with Gasteiger partial charge in [-0.15, -0.1) is 10.2 Å². The SMILES string of the molecule is CC(NC1CCCC(C(C)C)CC1)c1nnc2n1CCC2. The lowest BCUT2D eigenvalue weighted by Crippen LogP contribution is -2.32. The number of nitrogens with one attached hydrogen (secondary N) is 1. The molecule has 2 aliphatic rings. The molecule has 0 aromatic carbocycles. The third-order valence-corrected chi connectivity index (χ3v) is 5.47. The van der Waals surface area contributed by atoms with Gasteiger partial charge in [0.2, 0.25) is 0 Å². The molecule has 0 saturated heterocycles. The molecule has 1 aliphatic carbocycles. The van der Waals surface area contributed by atoms with E-state index in [9.17, 15) is 0 Å². The van der Waals surface area contributed by atoms with Crippen molar-refractivity contribution in [2.75, 3.05) is 0 Å². The largest absolute Gasteiger partial charge is 0.314 e. The van der Waals surface area contributed by atoms with Gasteiger partial charge in [0.25, 0.3) is 0 Å². The van der Waals surface area contributed by atoms with Crippen LogP contribution in [0.15, 0.2) is 0 Å². The van der Waals surface area contributed by atoms with Crippen molar-refractivity contribution in [1.29, 1.82) is 0 Å². The fourth-order valence-electron chi connectivity index (χ4n) is 4.09. The summed E-state index contributed by atoms with van der Waals surface area (Å²) in [5.74, 6) is 4.08. The van der Waals surface area contributed by atoms with Crippen molar-refractivity contribution in [2.24, 2.45) is 11.8 Å². The minimum absolute atomic E-state index is 0.324. The molecule has 21 heavy (non-hydrogen) atoms. The predicted molar refractivity (Wildman–Crippen MR) is 85.1 cm³/mol. The topological polar surface area (TPSA) is 42.7 Å². The zero-order valence-electron chi connectivity index (χ0n) is 13.8. The summed E-state index contributed by atoms with van der Waals surface area (Å²) in [4.78, 5) is 0. The van der Waals surface area contributed by atoms with Crippen LogP contribution in [0.4, 0.5) is 0 Å². The van der Waals surface area contributed by atoms with Crippen LogP contribution in [0.3, 0.4) is 0 Å². The number of hydrogen-bond donors (Lipinski definition) is 1. The van der Waals surface area contributed by atoms with Crippen LogP contribution in [-0.4, -0.2) is 20.8 Å². The molecular weight excluding hydrogens is 260 g/mol. The van der Waals surface area contributed by atoms with E-state index >= 15 is 0 Å². The van der Waals surface area contributed by atoms with E-state index in [-0.39, 0.29) is 0 Å². The lowest BCUT2D eigenvalue weighted by Gasteiger charge is -2.22. The average Bonchev–Trinajstić information content (AvgIpc) is 2.97. The maximum atomic E-state index is 4.42. The van der Waals surface area contributed by atoms with E-state index in [2.05, 4.69) is 40.9 Å². The fourth-order valence-corrected chi connectivity index (χ4v) is 4.09. The number of rotatable bonds is 4. The molecule has 1 saturated carbocycles. The van der Waals surface area contributed by atoms with Crippen LogP contribution in [0, 0.1) is 11.8 Å². The minimum Gasteiger partial charge on any atom is -0.314 e. The number of aryl methyl sites for hydroxylation is 1. The maximum absolute atomic E-state index is 4.42. The molecule has 1 N–H and O–H groups in total. The Balaban J connectivity index is 1.58. The monoisotopic (exact) mass is 290 g/mol. The zero-order chi connectivity index (χ0) is 14.8.